The summed E-state index contributed by atoms with van der Waals surface area (Å²) >= 11 is 0. The lowest BCUT2D eigenvalue weighted by atomic mass is 10.0. The van der Waals surface area contributed by atoms with Crippen molar-refractivity contribution in [2.45, 2.75) is 25.3 Å². The van der Waals surface area contributed by atoms with Gasteiger partial charge in [-0.05, 0) is 50.0 Å². The molecule has 1 atom stereocenters. The van der Waals surface area contributed by atoms with Crippen molar-refractivity contribution in [1.29, 1.82) is 0 Å². The van der Waals surface area contributed by atoms with Crippen molar-refractivity contribution in [2.24, 2.45) is 0 Å². The van der Waals surface area contributed by atoms with Crippen molar-refractivity contribution < 1.29 is 9.84 Å². The molecule has 1 aromatic heterocycles. The minimum atomic E-state index is 0.227. The van der Waals surface area contributed by atoms with Crippen LogP contribution in [-0.4, -0.2) is 47.8 Å². The van der Waals surface area contributed by atoms with E-state index in [1.54, 1.807) is 6.20 Å². The molecule has 0 saturated carbocycles. The van der Waals surface area contributed by atoms with Gasteiger partial charge in [-0.25, -0.2) is 0 Å². The number of pyridine rings is 1. The summed E-state index contributed by atoms with van der Waals surface area (Å²) < 4.78 is 5.90. The van der Waals surface area contributed by atoms with E-state index in [-0.39, 0.29) is 6.61 Å². The lowest BCUT2D eigenvalue weighted by molar-refractivity contribution is 0.0768. The maximum atomic E-state index is 8.97. The van der Waals surface area contributed by atoms with Gasteiger partial charge in [0.25, 0.3) is 0 Å². The third-order valence-electron chi connectivity index (χ3n) is 4.48. The summed E-state index contributed by atoms with van der Waals surface area (Å²) in [7, 11) is 2.13. The van der Waals surface area contributed by atoms with Crippen molar-refractivity contribution in [3.05, 3.63) is 48.3 Å². The average Bonchev–Trinajstić information content (AvgIpc) is 2.59. The molecule has 23 heavy (non-hydrogen) atoms. The first kappa shape index (κ1) is 16.0. The van der Waals surface area contributed by atoms with Crippen LogP contribution in [0, 0.1) is 0 Å². The van der Waals surface area contributed by atoms with E-state index >= 15 is 0 Å². The van der Waals surface area contributed by atoms with E-state index in [4.69, 9.17) is 9.84 Å². The highest BCUT2D eigenvalue weighted by Gasteiger charge is 2.24. The molecule has 1 N–H and O–H groups in total. The van der Waals surface area contributed by atoms with Gasteiger partial charge in [0.15, 0.2) is 0 Å². The minimum absolute atomic E-state index is 0.227. The molecule has 4 nitrogen and oxygen atoms in total. The topological polar surface area (TPSA) is 45.6 Å². The van der Waals surface area contributed by atoms with Crippen molar-refractivity contribution in [1.82, 2.24) is 9.88 Å². The van der Waals surface area contributed by atoms with E-state index in [0.717, 1.165) is 42.9 Å². The van der Waals surface area contributed by atoms with Gasteiger partial charge in [-0.2, -0.15) is 0 Å². The molecular weight excluding hydrogens is 288 g/mol. The number of ether oxygens (including phenoxy) is 1. The van der Waals surface area contributed by atoms with Crippen molar-refractivity contribution in [2.75, 3.05) is 26.8 Å². The summed E-state index contributed by atoms with van der Waals surface area (Å²) in [5, 5.41) is 8.97. The van der Waals surface area contributed by atoms with Crippen LogP contribution in [-0.2, 0) is 6.42 Å². The van der Waals surface area contributed by atoms with Gasteiger partial charge in [-0.15, -0.1) is 0 Å². The molecular formula is C19H24N2O2. The predicted octanol–water partition coefficient (Wildman–Crippen LogP) is 2.76. The molecule has 1 fully saturated rings. The van der Waals surface area contributed by atoms with Gasteiger partial charge >= 0.3 is 0 Å². The molecule has 3 rings (SSSR count). The summed E-state index contributed by atoms with van der Waals surface area (Å²) in [6.07, 6.45) is 6.53. The number of aliphatic hydroxyl groups excluding tert-OH is 1. The smallest absolute Gasteiger partial charge is 0.138 e. The highest BCUT2D eigenvalue weighted by Crippen LogP contribution is 2.25. The van der Waals surface area contributed by atoms with Crippen LogP contribution in [0.1, 0.15) is 18.4 Å². The molecule has 0 bridgehead atoms. The first-order chi connectivity index (χ1) is 11.3. The average molecular weight is 312 g/mol. The Bertz CT molecular complexity index is 645. The van der Waals surface area contributed by atoms with Gasteiger partial charge in [-0.1, -0.05) is 24.3 Å². The Balaban J connectivity index is 1.68. The second kappa shape index (κ2) is 7.57. The summed E-state index contributed by atoms with van der Waals surface area (Å²) in [5.41, 5.74) is 3.44. The van der Waals surface area contributed by atoms with Gasteiger partial charge in [0.1, 0.15) is 12.4 Å². The molecule has 0 unspecified atom stereocenters. The highest BCUT2D eigenvalue weighted by molar-refractivity contribution is 5.64. The Labute approximate surface area is 137 Å². The SMILES string of the molecule is CN1CC[C@@H]1COc1cncc(-c2cccc(CCCO)c2)c1. The zero-order valence-corrected chi connectivity index (χ0v) is 13.6. The maximum Gasteiger partial charge on any atom is 0.138 e. The van der Waals surface area contributed by atoms with Crippen LogP contribution in [0.25, 0.3) is 11.1 Å². The molecule has 122 valence electrons. The van der Waals surface area contributed by atoms with E-state index in [1.165, 1.54) is 12.0 Å². The molecule has 1 aliphatic rings. The largest absolute Gasteiger partial charge is 0.490 e. The van der Waals surface area contributed by atoms with Crippen LogP contribution in [0.4, 0.5) is 0 Å². The molecule has 1 saturated heterocycles. The zero-order valence-electron chi connectivity index (χ0n) is 13.6. The molecule has 0 aliphatic carbocycles. The van der Waals surface area contributed by atoms with Gasteiger partial charge in [0, 0.05) is 24.4 Å². The Morgan fingerprint density at radius 1 is 1.26 bits per heavy atom. The van der Waals surface area contributed by atoms with Crippen molar-refractivity contribution in [3.8, 4) is 16.9 Å². The number of hydrogen-bond donors (Lipinski definition) is 1. The summed E-state index contributed by atoms with van der Waals surface area (Å²) in [5.74, 6) is 0.823. The lowest BCUT2D eigenvalue weighted by Gasteiger charge is -2.37. The van der Waals surface area contributed by atoms with Crippen molar-refractivity contribution >= 4 is 0 Å². The Kier molecular flexibility index (Phi) is 5.26. The molecule has 4 heteroatoms. The minimum Gasteiger partial charge on any atom is -0.490 e. The molecule has 2 aromatic rings. The summed E-state index contributed by atoms with van der Waals surface area (Å²) in [4.78, 5) is 6.62. The van der Waals surface area contributed by atoms with Gasteiger partial charge < -0.3 is 9.84 Å². The molecule has 0 spiro atoms. The number of aromatic nitrogens is 1. The molecule has 1 aromatic carbocycles. The van der Waals surface area contributed by atoms with Gasteiger partial charge in [0.05, 0.1) is 6.20 Å². The number of likely N-dealkylation sites (N-methyl/N-ethyl adjacent to an activating group) is 1. The molecule has 0 amide bonds. The monoisotopic (exact) mass is 312 g/mol. The van der Waals surface area contributed by atoms with Crippen molar-refractivity contribution in [3.63, 3.8) is 0 Å². The Morgan fingerprint density at radius 3 is 2.91 bits per heavy atom. The number of rotatable bonds is 7. The van der Waals surface area contributed by atoms with E-state index in [2.05, 4.69) is 47.3 Å². The Morgan fingerprint density at radius 2 is 2.17 bits per heavy atom. The van der Waals surface area contributed by atoms with Crippen LogP contribution >= 0.6 is 0 Å². The standard InChI is InChI=1S/C19H24N2O2/c1-21-8-7-18(21)14-23-19-11-17(12-20-13-19)16-6-2-4-15(10-16)5-3-9-22/h2,4,6,10-13,18,22H,3,5,7-9,14H2,1H3/t18-/m1/s1. The number of hydrogen-bond acceptors (Lipinski definition) is 4. The predicted molar refractivity (Wildman–Crippen MR) is 91.6 cm³/mol. The van der Waals surface area contributed by atoms with Crippen LogP contribution in [0.15, 0.2) is 42.7 Å². The second-order valence-corrected chi connectivity index (χ2v) is 6.17. The quantitative estimate of drug-likeness (QED) is 0.854. The lowest BCUT2D eigenvalue weighted by Crippen LogP contribution is -2.48. The Hall–Kier alpha value is -1.91. The van der Waals surface area contributed by atoms with E-state index < -0.39 is 0 Å². The number of likely N-dealkylation sites (tertiary alicyclic amines) is 1. The molecule has 2 heterocycles. The zero-order chi connectivity index (χ0) is 16.1. The number of aliphatic hydroxyl groups is 1. The molecule has 1 aliphatic heterocycles. The van der Waals surface area contributed by atoms with E-state index in [1.807, 2.05) is 6.20 Å². The third kappa shape index (κ3) is 4.09. The van der Waals surface area contributed by atoms with Crippen LogP contribution < -0.4 is 4.74 Å². The summed E-state index contributed by atoms with van der Waals surface area (Å²) in [6, 6.07) is 11.0. The fraction of sp³-hybridized carbons (Fsp3) is 0.421. The second-order valence-electron chi connectivity index (χ2n) is 6.17. The first-order valence-electron chi connectivity index (χ1n) is 8.24. The maximum absolute atomic E-state index is 8.97. The van der Waals surface area contributed by atoms with Crippen LogP contribution in [0.3, 0.4) is 0 Å². The fourth-order valence-electron chi connectivity index (χ4n) is 2.82. The van der Waals surface area contributed by atoms with Crippen LogP contribution in [0.5, 0.6) is 5.75 Å². The summed E-state index contributed by atoms with van der Waals surface area (Å²) in [6.45, 7) is 2.11. The highest BCUT2D eigenvalue weighted by atomic mass is 16.5. The first-order valence-corrected chi connectivity index (χ1v) is 8.24. The third-order valence-corrected chi connectivity index (χ3v) is 4.48. The van der Waals surface area contributed by atoms with Gasteiger partial charge in [-0.3, -0.25) is 9.88 Å². The normalized spacial score (nSPS) is 17.7. The van der Waals surface area contributed by atoms with E-state index in [0.29, 0.717) is 6.04 Å². The fourth-order valence-corrected chi connectivity index (χ4v) is 2.82. The number of aryl methyl sites for hydroxylation is 1. The number of nitrogens with zero attached hydrogens (tertiary/aromatic N) is 2. The molecule has 0 radical (unpaired) electrons. The van der Waals surface area contributed by atoms with Gasteiger partial charge in [0.2, 0.25) is 0 Å². The number of benzene rings is 1. The van der Waals surface area contributed by atoms with E-state index in [9.17, 15) is 0 Å². The van der Waals surface area contributed by atoms with Crippen LogP contribution in [0.2, 0.25) is 0 Å².